The first-order valence-corrected chi connectivity index (χ1v) is 14.3. The first-order valence-electron chi connectivity index (χ1n) is 12.5. The number of nitrogens with one attached hydrogen (secondary N) is 1. The summed E-state index contributed by atoms with van der Waals surface area (Å²) < 4.78 is 28.6. The van der Waals surface area contributed by atoms with Crippen molar-refractivity contribution in [3.05, 3.63) is 94.5 Å². The number of benzene rings is 3. The maximum Gasteiger partial charge on any atom is 0.264 e. The number of aryl methyl sites for hydroxylation is 2. The highest BCUT2D eigenvalue weighted by atomic mass is 35.5. The Morgan fingerprint density at radius 2 is 1.55 bits per heavy atom. The van der Waals surface area contributed by atoms with Crippen LogP contribution in [0.15, 0.2) is 77.7 Å². The smallest absolute Gasteiger partial charge is 0.264 e. The summed E-state index contributed by atoms with van der Waals surface area (Å²) in [6, 6.07) is 19.6. The molecule has 1 N–H and O–H groups in total. The van der Waals surface area contributed by atoms with Crippen molar-refractivity contribution >= 4 is 39.1 Å². The number of carbonyl (C=O) groups excluding carboxylic acids is 2. The van der Waals surface area contributed by atoms with Gasteiger partial charge in [-0.25, -0.2) is 8.42 Å². The lowest BCUT2D eigenvalue weighted by Crippen LogP contribution is -2.51. The first-order chi connectivity index (χ1) is 18.0. The second-order valence-corrected chi connectivity index (χ2v) is 11.6. The standard InChI is InChI=1S/C29H34ClN3O4S/c1-5-17-31-29(35)23(4)32(19-24-13-9-21(2)10-14-24)28(34)20-33(26-8-6-7-25(30)18-26)38(36,37)27-15-11-22(3)12-16-27/h6-16,18,23H,5,17,19-20H2,1-4H3,(H,31,35)/t23-/m1/s1. The van der Waals surface area contributed by atoms with E-state index in [-0.39, 0.29) is 23.0 Å². The average Bonchev–Trinajstić information content (AvgIpc) is 2.89. The van der Waals surface area contributed by atoms with Gasteiger partial charge < -0.3 is 10.2 Å². The molecule has 0 unspecified atom stereocenters. The number of halogens is 1. The SMILES string of the molecule is CCCNC(=O)[C@@H](C)N(Cc1ccc(C)cc1)C(=O)CN(c1cccc(Cl)c1)S(=O)(=O)c1ccc(C)cc1. The van der Waals surface area contributed by atoms with Crippen LogP contribution >= 0.6 is 11.6 Å². The molecule has 3 rings (SSSR count). The third-order valence-electron chi connectivity index (χ3n) is 6.17. The van der Waals surface area contributed by atoms with Crippen molar-refractivity contribution in [2.45, 2.75) is 51.6 Å². The molecule has 2 amide bonds. The number of hydrogen-bond donors (Lipinski definition) is 1. The van der Waals surface area contributed by atoms with E-state index in [4.69, 9.17) is 11.6 Å². The summed E-state index contributed by atoms with van der Waals surface area (Å²) in [5, 5.41) is 3.17. The highest BCUT2D eigenvalue weighted by molar-refractivity contribution is 7.92. The van der Waals surface area contributed by atoms with E-state index in [0.29, 0.717) is 11.6 Å². The molecule has 38 heavy (non-hydrogen) atoms. The van der Waals surface area contributed by atoms with Gasteiger partial charge in [-0.3, -0.25) is 13.9 Å². The van der Waals surface area contributed by atoms with Crippen LogP contribution < -0.4 is 9.62 Å². The van der Waals surface area contributed by atoms with Crippen LogP contribution in [0.2, 0.25) is 5.02 Å². The maximum atomic E-state index is 13.8. The Labute approximate surface area is 230 Å². The number of nitrogens with zero attached hydrogens (tertiary/aromatic N) is 2. The summed E-state index contributed by atoms with van der Waals surface area (Å²) in [4.78, 5) is 28.2. The van der Waals surface area contributed by atoms with Crippen LogP contribution in [0, 0.1) is 13.8 Å². The van der Waals surface area contributed by atoms with Crippen LogP contribution in [-0.2, 0) is 26.2 Å². The van der Waals surface area contributed by atoms with E-state index in [1.165, 1.54) is 23.1 Å². The third kappa shape index (κ3) is 7.36. The molecular weight excluding hydrogens is 522 g/mol. The topological polar surface area (TPSA) is 86.8 Å². The largest absolute Gasteiger partial charge is 0.354 e. The minimum Gasteiger partial charge on any atom is -0.354 e. The lowest BCUT2D eigenvalue weighted by Gasteiger charge is -2.32. The predicted octanol–water partition coefficient (Wildman–Crippen LogP) is 5.10. The van der Waals surface area contributed by atoms with Crippen LogP contribution in [-0.4, -0.2) is 44.3 Å². The zero-order valence-corrected chi connectivity index (χ0v) is 23.7. The Morgan fingerprint density at radius 1 is 0.947 bits per heavy atom. The van der Waals surface area contributed by atoms with Gasteiger partial charge in [-0.2, -0.15) is 0 Å². The molecule has 0 radical (unpaired) electrons. The molecule has 3 aromatic carbocycles. The van der Waals surface area contributed by atoms with Gasteiger partial charge in [0.25, 0.3) is 10.0 Å². The molecule has 0 aliphatic heterocycles. The van der Waals surface area contributed by atoms with E-state index in [9.17, 15) is 18.0 Å². The van der Waals surface area contributed by atoms with Gasteiger partial charge >= 0.3 is 0 Å². The number of hydrogen-bond acceptors (Lipinski definition) is 4. The molecule has 1 atom stereocenters. The van der Waals surface area contributed by atoms with E-state index in [1.54, 1.807) is 37.3 Å². The van der Waals surface area contributed by atoms with Gasteiger partial charge in [0.1, 0.15) is 12.6 Å². The molecule has 0 heterocycles. The van der Waals surface area contributed by atoms with Gasteiger partial charge in [0.15, 0.2) is 0 Å². The first kappa shape index (κ1) is 29.2. The molecule has 9 heteroatoms. The molecule has 7 nitrogen and oxygen atoms in total. The van der Waals surface area contributed by atoms with Gasteiger partial charge in [-0.05, 0) is 63.1 Å². The molecule has 0 bridgehead atoms. The van der Waals surface area contributed by atoms with Crippen molar-refractivity contribution in [1.82, 2.24) is 10.2 Å². The van der Waals surface area contributed by atoms with Crippen molar-refractivity contribution < 1.29 is 18.0 Å². The predicted molar refractivity (Wildman–Crippen MR) is 152 cm³/mol. The van der Waals surface area contributed by atoms with Gasteiger partial charge in [0.2, 0.25) is 11.8 Å². The van der Waals surface area contributed by atoms with Crippen molar-refractivity contribution in [3.8, 4) is 0 Å². The maximum absolute atomic E-state index is 13.8. The second kappa shape index (κ2) is 12.9. The number of anilines is 1. The minimum absolute atomic E-state index is 0.0506. The third-order valence-corrected chi connectivity index (χ3v) is 8.20. The van der Waals surface area contributed by atoms with Gasteiger partial charge in [-0.15, -0.1) is 0 Å². The fourth-order valence-electron chi connectivity index (χ4n) is 3.87. The molecule has 0 spiro atoms. The Morgan fingerprint density at radius 3 is 2.13 bits per heavy atom. The van der Waals surface area contributed by atoms with Gasteiger partial charge in [0, 0.05) is 18.1 Å². The number of rotatable bonds is 11. The van der Waals surface area contributed by atoms with Crippen LogP contribution in [0.1, 0.15) is 37.0 Å². The Kier molecular flexibility index (Phi) is 9.94. The Hall–Kier alpha value is -3.36. The van der Waals surface area contributed by atoms with E-state index in [2.05, 4.69) is 5.32 Å². The molecule has 0 aliphatic carbocycles. The molecular formula is C29H34ClN3O4S. The van der Waals surface area contributed by atoms with Crippen LogP contribution in [0.5, 0.6) is 0 Å². The fraction of sp³-hybridized carbons (Fsp3) is 0.310. The molecule has 0 fully saturated rings. The lowest BCUT2D eigenvalue weighted by atomic mass is 10.1. The van der Waals surface area contributed by atoms with Crippen molar-refractivity contribution in [1.29, 1.82) is 0 Å². The summed E-state index contributed by atoms with van der Waals surface area (Å²) in [6.07, 6.45) is 0.752. The van der Waals surface area contributed by atoms with E-state index < -0.39 is 28.5 Å². The summed E-state index contributed by atoms with van der Waals surface area (Å²) in [5.74, 6) is -0.816. The molecule has 3 aromatic rings. The number of amides is 2. The molecule has 0 saturated carbocycles. The Bertz CT molecular complexity index is 1360. The fourth-order valence-corrected chi connectivity index (χ4v) is 5.46. The van der Waals surface area contributed by atoms with E-state index in [1.807, 2.05) is 45.0 Å². The second-order valence-electron chi connectivity index (χ2n) is 9.28. The summed E-state index contributed by atoms with van der Waals surface area (Å²) in [5.41, 5.74) is 3.06. The van der Waals surface area contributed by atoms with Gasteiger partial charge in [0.05, 0.1) is 10.6 Å². The van der Waals surface area contributed by atoms with Crippen molar-refractivity contribution in [2.75, 3.05) is 17.4 Å². The quantitative estimate of drug-likeness (QED) is 0.357. The minimum atomic E-state index is -4.13. The molecule has 0 saturated heterocycles. The highest BCUT2D eigenvalue weighted by Gasteiger charge is 2.32. The number of carbonyl (C=O) groups is 2. The lowest BCUT2D eigenvalue weighted by molar-refractivity contribution is -0.139. The van der Waals surface area contributed by atoms with Crippen molar-refractivity contribution in [3.63, 3.8) is 0 Å². The molecule has 0 aliphatic rings. The summed E-state index contributed by atoms with van der Waals surface area (Å²) in [6.45, 7) is 7.54. The highest BCUT2D eigenvalue weighted by Crippen LogP contribution is 2.27. The normalized spacial score (nSPS) is 12.0. The summed E-state index contributed by atoms with van der Waals surface area (Å²) >= 11 is 6.20. The van der Waals surface area contributed by atoms with Crippen LogP contribution in [0.25, 0.3) is 0 Å². The zero-order chi connectivity index (χ0) is 27.9. The van der Waals surface area contributed by atoms with E-state index in [0.717, 1.165) is 27.4 Å². The Balaban J connectivity index is 2.01. The van der Waals surface area contributed by atoms with E-state index >= 15 is 0 Å². The molecule has 0 aromatic heterocycles. The van der Waals surface area contributed by atoms with Crippen LogP contribution in [0.3, 0.4) is 0 Å². The van der Waals surface area contributed by atoms with Gasteiger partial charge in [-0.1, -0.05) is 72.1 Å². The zero-order valence-electron chi connectivity index (χ0n) is 22.1. The molecule has 202 valence electrons. The monoisotopic (exact) mass is 555 g/mol. The van der Waals surface area contributed by atoms with Crippen LogP contribution in [0.4, 0.5) is 5.69 Å². The average molecular weight is 556 g/mol. The van der Waals surface area contributed by atoms with Crippen molar-refractivity contribution in [2.24, 2.45) is 0 Å². The number of sulfonamides is 1. The summed E-state index contributed by atoms with van der Waals surface area (Å²) in [7, 11) is -4.13.